The molecule has 0 aliphatic carbocycles. The average Bonchev–Trinajstić information content (AvgIpc) is 2.23. The van der Waals surface area contributed by atoms with Crippen LogP contribution in [-0.4, -0.2) is 17.0 Å². The largest absolute Gasteiger partial charge is 0.478 e. The Balaban J connectivity index is 3.17. The Hall–Kier alpha value is -2.49. The summed E-state index contributed by atoms with van der Waals surface area (Å²) in [5, 5.41) is 18.9. The number of carbonyl (C=O) groups excluding carboxylic acids is 1. The van der Waals surface area contributed by atoms with Crippen molar-refractivity contribution in [3.8, 4) is 6.07 Å². The number of nitriles is 1. The molecule has 0 atom stereocenters. The summed E-state index contributed by atoms with van der Waals surface area (Å²) in [5.41, 5.74) is -1.37. The molecule has 0 heterocycles. The van der Waals surface area contributed by atoms with E-state index < -0.39 is 41.2 Å². The molecular weight excluding hydrogens is 234 g/mol. The molecule has 88 valence electrons. The molecule has 0 fully saturated rings. The summed E-state index contributed by atoms with van der Waals surface area (Å²) >= 11 is 0. The van der Waals surface area contributed by atoms with Gasteiger partial charge < -0.3 is 10.4 Å². The maximum absolute atomic E-state index is 13.2. The summed E-state index contributed by atoms with van der Waals surface area (Å²) < 4.78 is 26.0. The van der Waals surface area contributed by atoms with E-state index in [1.165, 1.54) is 6.07 Å². The van der Waals surface area contributed by atoms with Crippen molar-refractivity contribution in [2.24, 2.45) is 0 Å². The first kappa shape index (κ1) is 12.6. The van der Waals surface area contributed by atoms with Crippen LogP contribution in [0, 0.1) is 23.0 Å². The van der Waals surface area contributed by atoms with Crippen LogP contribution in [0.1, 0.15) is 16.8 Å². The number of hydrogen-bond acceptors (Lipinski definition) is 3. The monoisotopic (exact) mass is 240 g/mol. The number of carboxylic acid groups (broad SMARTS) is 1. The number of rotatable bonds is 3. The van der Waals surface area contributed by atoms with Gasteiger partial charge in [-0.05, 0) is 12.1 Å². The van der Waals surface area contributed by atoms with Gasteiger partial charge >= 0.3 is 5.97 Å². The molecule has 0 unspecified atom stereocenters. The van der Waals surface area contributed by atoms with Crippen LogP contribution in [0.25, 0.3) is 0 Å². The summed E-state index contributed by atoms with van der Waals surface area (Å²) in [6, 6.07) is 3.13. The molecule has 0 saturated heterocycles. The zero-order valence-electron chi connectivity index (χ0n) is 8.33. The fourth-order valence-electron chi connectivity index (χ4n) is 1.13. The zero-order chi connectivity index (χ0) is 13.0. The Kier molecular flexibility index (Phi) is 3.72. The summed E-state index contributed by atoms with van der Waals surface area (Å²) in [4.78, 5) is 21.8. The van der Waals surface area contributed by atoms with Crippen LogP contribution in [-0.2, 0) is 4.79 Å². The number of aromatic carboxylic acids is 1. The molecule has 5 nitrogen and oxygen atoms in total. The molecule has 0 aliphatic rings. The van der Waals surface area contributed by atoms with Gasteiger partial charge in [0.25, 0.3) is 0 Å². The lowest BCUT2D eigenvalue weighted by Gasteiger charge is -2.08. The van der Waals surface area contributed by atoms with Crippen molar-refractivity contribution < 1.29 is 23.5 Å². The minimum atomic E-state index is -1.71. The van der Waals surface area contributed by atoms with Crippen LogP contribution >= 0.6 is 0 Å². The average molecular weight is 240 g/mol. The Morgan fingerprint density at radius 2 is 2.06 bits per heavy atom. The van der Waals surface area contributed by atoms with Crippen molar-refractivity contribution in [1.29, 1.82) is 5.26 Å². The number of nitrogens with zero attached hydrogens (tertiary/aromatic N) is 1. The standard InChI is InChI=1S/C10H6F2N2O3/c11-5-1-2-6(14-7(15)3-4-13)8(9(5)12)10(16)17/h1-2H,3H2,(H,14,15)(H,16,17). The van der Waals surface area contributed by atoms with Crippen molar-refractivity contribution in [2.75, 3.05) is 5.32 Å². The van der Waals surface area contributed by atoms with Crippen molar-refractivity contribution >= 4 is 17.6 Å². The number of hydrogen-bond donors (Lipinski definition) is 2. The highest BCUT2D eigenvalue weighted by Gasteiger charge is 2.20. The van der Waals surface area contributed by atoms with E-state index in [4.69, 9.17) is 10.4 Å². The third-order valence-electron chi connectivity index (χ3n) is 1.82. The third-order valence-corrected chi connectivity index (χ3v) is 1.82. The highest BCUT2D eigenvalue weighted by Crippen LogP contribution is 2.21. The van der Waals surface area contributed by atoms with Gasteiger partial charge in [0, 0.05) is 0 Å². The van der Waals surface area contributed by atoms with E-state index in [9.17, 15) is 18.4 Å². The molecule has 1 amide bonds. The first-order valence-corrected chi connectivity index (χ1v) is 4.35. The molecule has 1 aromatic carbocycles. The zero-order valence-corrected chi connectivity index (χ0v) is 8.33. The van der Waals surface area contributed by atoms with Crippen molar-refractivity contribution in [3.63, 3.8) is 0 Å². The molecule has 0 aromatic heterocycles. The fraction of sp³-hybridized carbons (Fsp3) is 0.100. The van der Waals surface area contributed by atoms with Gasteiger partial charge in [0.2, 0.25) is 5.91 Å². The van der Waals surface area contributed by atoms with E-state index >= 15 is 0 Å². The van der Waals surface area contributed by atoms with Crippen molar-refractivity contribution in [3.05, 3.63) is 29.3 Å². The molecule has 7 heteroatoms. The van der Waals surface area contributed by atoms with E-state index in [1.807, 2.05) is 5.32 Å². The Morgan fingerprint density at radius 3 is 2.59 bits per heavy atom. The van der Waals surface area contributed by atoms with Crippen LogP contribution in [0.15, 0.2) is 12.1 Å². The summed E-state index contributed by atoms with van der Waals surface area (Å²) in [5.74, 6) is -5.41. The van der Waals surface area contributed by atoms with Gasteiger partial charge in [0.1, 0.15) is 12.0 Å². The predicted octanol–water partition coefficient (Wildman–Crippen LogP) is 1.52. The lowest BCUT2D eigenvalue weighted by molar-refractivity contribution is -0.115. The van der Waals surface area contributed by atoms with Crippen LogP contribution in [0.3, 0.4) is 0 Å². The highest BCUT2D eigenvalue weighted by molar-refractivity contribution is 6.01. The van der Waals surface area contributed by atoms with E-state index in [-0.39, 0.29) is 0 Å². The molecule has 0 spiro atoms. The second-order valence-electron chi connectivity index (χ2n) is 2.97. The molecule has 0 aliphatic heterocycles. The lowest BCUT2D eigenvalue weighted by Crippen LogP contribution is -2.15. The normalized spacial score (nSPS) is 9.47. The third kappa shape index (κ3) is 2.75. The number of nitrogens with one attached hydrogen (secondary N) is 1. The molecule has 1 rings (SSSR count). The fourth-order valence-corrected chi connectivity index (χ4v) is 1.13. The molecule has 0 saturated carbocycles. The maximum atomic E-state index is 13.2. The highest BCUT2D eigenvalue weighted by atomic mass is 19.2. The first-order chi connectivity index (χ1) is 7.97. The summed E-state index contributed by atoms with van der Waals surface area (Å²) in [6.07, 6.45) is -0.516. The van der Waals surface area contributed by atoms with E-state index in [0.717, 1.165) is 6.07 Å². The van der Waals surface area contributed by atoms with E-state index in [1.54, 1.807) is 0 Å². The first-order valence-electron chi connectivity index (χ1n) is 4.35. The predicted molar refractivity (Wildman–Crippen MR) is 52.2 cm³/mol. The quantitative estimate of drug-likeness (QED) is 0.837. The van der Waals surface area contributed by atoms with Gasteiger partial charge in [-0.25, -0.2) is 13.6 Å². The Labute approximate surface area is 94.3 Å². The molecular formula is C10H6F2N2O3. The molecule has 2 N–H and O–H groups in total. The number of carboxylic acids is 1. The van der Waals surface area contributed by atoms with Gasteiger partial charge in [-0.15, -0.1) is 0 Å². The minimum absolute atomic E-state index is 0.392. The minimum Gasteiger partial charge on any atom is -0.478 e. The van der Waals surface area contributed by atoms with E-state index in [0.29, 0.717) is 6.07 Å². The van der Waals surface area contributed by atoms with Crippen molar-refractivity contribution in [1.82, 2.24) is 0 Å². The second-order valence-corrected chi connectivity index (χ2v) is 2.97. The number of halogens is 2. The van der Waals surface area contributed by atoms with Gasteiger partial charge in [0.05, 0.1) is 11.8 Å². The second kappa shape index (κ2) is 5.03. The number of carbonyl (C=O) groups is 2. The summed E-state index contributed by atoms with van der Waals surface area (Å²) in [6.45, 7) is 0. The van der Waals surface area contributed by atoms with E-state index in [2.05, 4.69) is 0 Å². The van der Waals surface area contributed by atoms with Crippen molar-refractivity contribution in [2.45, 2.75) is 6.42 Å². The van der Waals surface area contributed by atoms with Crippen LogP contribution in [0.2, 0.25) is 0 Å². The van der Waals surface area contributed by atoms with Gasteiger partial charge in [-0.3, -0.25) is 4.79 Å². The van der Waals surface area contributed by atoms with Crippen LogP contribution in [0.4, 0.5) is 14.5 Å². The lowest BCUT2D eigenvalue weighted by atomic mass is 10.1. The SMILES string of the molecule is N#CCC(=O)Nc1ccc(F)c(F)c1C(=O)O. The summed E-state index contributed by atoms with van der Waals surface area (Å²) in [7, 11) is 0. The Morgan fingerprint density at radius 1 is 1.41 bits per heavy atom. The topological polar surface area (TPSA) is 90.2 Å². The molecule has 0 radical (unpaired) electrons. The molecule has 17 heavy (non-hydrogen) atoms. The maximum Gasteiger partial charge on any atom is 0.340 e. The number of amides is 1. The number of anilines is 1. The van der Waals surface area contributed by atoms with Crippen LogP contribution < -0.4 is 5.32 Å². The van der Waals surface area contributed by atoms with Gasteiger partial charge in [0.15, 0.2) is 11.6 Å². The molecule has 0 bridgehead atoms. The van der Waals surface area contributed by atoms with Gasteiger partial charge in [-0.1, -0.05) is 0 Å². The number of benzene rings is 1. The molecule has 1 aromatic rings. The smallest absolute Gasteiger partial charge is 0.340 e. The van der Waals surface area contributed by atoms with Crippen LogP contribution in [0.5, 0.6) is 0 Å². The Bertz CT molecular complexity index is 523. The van der Waals surface area contributed by atoms with Gasteiger partial charge in [-0.2, -0.15) is 5.26 Å².